The second kappa shape index (κ2) is 8.15. The summed E-state index contributed by atoms with van der Waals surface area (Å²) in [5, 5.41) is 24.1. The van der Waals surface area contributed by atoms with Crippen LogP contribution in [0.4, 0.5) is 0 Å². The first-order chi connectivity index (χ1) is 14.8. The Balaban J connectivity index is 1.51. The lowest BCUT2D eigenvalue weighted by Gasteiger charge is -2.18. The molecule has 0 saturated heterocycles. The number of nitrogens with zero attached hydrogens (tertiary/aromatic N) is 7. The maximum Gasteiger partial charge on any atom is 0.255 e. The molecular weight excluding hydrogens is 420 g/mol. The molecule has 1 atom stereocenters. The van der Waals surface area contributed by atoms with E-state index < -0.39 is 0 Å². The molecule has 0 aliphatic heterocycles. The Hall–Kier alpha value is -2.79. The number of carbonyl (C=O) groups excluding carboxylic acids is 1. The monoisotopic (exact) mass is 440 g/mol. The largest absolute Gasteiger partial charge is 0.342 e. The number of thioether (sulfide) groups is 1. The number of hydrogen-bond acceptors (Lipinski definition) is 8. The van der Waals surface area contributed by atoms with Crippen molar-refractivity contribution < 1.29 is 4.79 Å². The molecule has 4 aromatic rings. The average Bonchev–Trinajstić information content (AvgIpc) is 3.53. The second-order valence-electron chi connectivity index (χ2n) is 7.09. The Bertz CT molecular complexity index is 1180. The fraction of sp³-hybridized carbons (Fsp3) is 0.368. The van der Waals surface area contributed by atoms with Crippen molar-refractivity contribution in [1.82, 2.24) is 40.1 Å². The number of aryl methyl sites for hydroxylation is 1. The van der Waals surface area contributed by atoms with Crippen LogP contribution in [-0.2, 0) is 12.8 Å². The van der Waals surface area contributed by atoms with E-state index in [0.29, 0.717) is 5.56 Å². The van der Waals surface area contributed by atoms with Crippen LogP contribution in [0, 0.1) is 0 Å². The Labute approximate surface area is 180 Å². The maximum atomic E-state index is 13.5. The molecular formula is C19H20N8OS2. The van der Waals surface area contributed by atoms with Crippen LogP contribution >= 0.6 is 23.1 Å². The molecule has 9 nitrogen and oxygen atoms in total. The van der Waals surface area contributed by atoms with E-state index in [1.165, 1.54) is 11.2 Å². The number of fused-ring (bicyclic) bond motifs is 2. The van der Waals surface area contributed by atoms with Crippen LogP contribution in [0.15, 0.2) is 30.7 Å². The van der Waals surface area contributed by atoms with Crippen molar-refractivity contribution in [2.75, 3.05) is 12.0 Å². The van der Waals surface area contributed by atoms with Gasteiger partial charge in [-0.2, -0.15) is 16.4 Å². The Morgan fingerprint density at radius 2 is 2.27 bits per heavy atom. The first-order valence-electron chi connectivity index (χ1n) is 9.73. The Kier molecular flexibility index (Phi) is 5.21. The normalized spacial score (nSPS) is 14.2. The molecule has 4 heterocycles. The van der Waals surface area contributed by atoms with Gasteiger partial charge < -0.3 is 5.32 Å². The summed E-state index contributed by atoms with van der Waals surface area (Å²) in [5.74, 6) is 1.52. The molecule has 154 valence electrons. The number of tetrazole rings is 1. The van der Waals surface area contributed by atoms with Crippen LogP contribution < -0.4 is 5.32 Å². The fourth-order valence-electron chi connectivity index (χ4n) is 3.87. The van der Waals surface area contributed by atoms with Gasteiger partial charge in [0.25, 0.3) is 5.91 Å². The molecule has 1 amide bonds. The standard InChI is InChI=1S/C19H20N8OS2/c1-29-10-8-13(17-23-22-15-7-2-3-9-26(15)17)21-18(28)16-12-5-4-6-14(12)30-19(16)27-11-20-24-25-27/h2-3,7,9,11,13H,4-6,8,10H2,1H3,(H,21,28)/t13-/m1/s1. The Morgan fingerprint density at radius 1 is 1.33 bits per heavy atom. The minimum atomic E-state index is -0.249. The predicted molar refractivity (Wildman–Crippen MR) is 115 cm³/mol. The van der Waals surface area contributed by atoms with E-state index in [2.05, 4.69) is 37.3 Å². The molecule has 0 radical (unpaired) electrons. The molecule has 1 aliphatic rings. The summed E-state index contributed by atoms with van der Waals surface area (Å²) in [6.07, 6.45) is 9.25. The lowest BCUT2D eigenvalue weighted by atomic mass is 10.1. The van der Waals surface area contributed by atoms with E-state index in [-0.39, 0.29) is 11.9 Å². The van der Waals surface area contributed by atoms with Crippen molar-refractivity contribution in [3.8, 4) is 5.00 Å². The molecule has 0 aromatic carbocycles. The summed E-state index contributed by atoms with van der Waals surface area (Å²) in [4.78, 5) is 14.8. The molecule has 4 aromatic heterocycles. The van der Waals surface area contributed by atoms with Gasteiger partial charge in [0, 0.05) is 11.1 Å². The number of carbonyl (C=O) groups is 1. The van der Waals surface area contributed by atoms with E-state index in [1.807, 2.05) is 28.8 Å². The van der Waals surface area contributed by atoms with Gasteiger partial charge in [-0.1, -0.05) is 6.07 Å². The van der Waals surface area contributed by atoms with Crippen LogP contribution in [-0.4, -0.2) is 52.7 Å². The smallest absolute Gasteiger partial charge is 0.255 e. The lowest BCUT2D eigenvalue weighted by Crippen LogP contribution is -2.31. The van der Waals surface area contributed by atoms with Crippen molar-refractivity contribution in [2.45, 2.75) is 31.7 Å². The van der Waals surface area contributed by atoms with Gasteiger partial charge >= 0.3 is 0 Å². The highest BCUT2D eigenvalue weighted by Crippen LogP contribution is 2.37. The summed E-state index contributed by atoms with van der Waals surface area (Å²) in [7, 11) is 0. The molecule has 30 heavy (non-hydrogen) atoms. The van der Waals surface area contributed by atoms with Crippen molar-refractivity contribution in [3.63, 3.8) is 0 Å². The third kappa shape index (κ3) is 3.37. The summed E-state index contributed by atoms with van der Waals surface area (Å²) in [6, 6.07) is 5.53. The van der Waals surface area contributed by atoms with Crippen molar-refractivity contribution in [1.29, 1.82) is 0 Å². The minimum Gasteiger partial charge on any atom is -0.342 e. The average molecular weight is 441 g/mol. The third-order valence-electron chi connectivity index (χ3n) is 5.25. The lowest BCUT2D eigenvalue weighted by molar-refractivity contribution is 0.0933. The molecule has 5 rings (SSSR count). The molecule has 0 saturated carbocycles. The van der Waals surface area contributed by atoms with Crippen LogP contribution in [0.2, 0.25) is 0 Å². The molecule has 0 fully saturated rings. The van der Waals surface area contributed by atoms with Crippen LogP contribution in [0.3, 0.4) is 0 Å². The first kappa shape index (κ1) is 19.2. The van der Waals surface area contributed by atoms with Gasteiger partial charge in [0.1, 0.15) is 11.3 Å². The SMILES string of the molecule is CSCC[C@@H](NC(=O)c1c(-n2cnnn2)sc2c1CCC2)c1nnc2ccccn12. The number of thiophene rings is 1. The van der Waals surface area contributed by atoms with Gasteiger partial charge in [-0.25, -0.2) is 0 Å². The summed E-state index contributed by atoms with van der Waals surface area (Å²) >= 11 is 3.34. The van der Waals surface area contributed by atoms with Gasteiger partial charge in [0.05, 0.1) is 11.6 Å². The minimum absolute atomic E-state index is 0.112. The first-order valence-corrected chi connectivity index (χ1v) is 11.9. The number of pyridine rings is 1. The van der Waals surface area contributed by atoms with Crippen molar-refractivity contribution in [2.24, 2.45) is 0 Å². The number of aromatic nitrogens is 7. The predicted octanol–water partition coefficient (Wildman–Crippen LogP) is 2.48. The van der Waals surface area contributed by atoms with Crippen molar-refractivity contribution >= 4 is 34.7 Å². The summed E-state index contributed by atoms with van der Waals surface area (Å²) in [5.41, 5.74) is 2.57. The fourth-order valence-corrected chi connectivity index (χ4v) is 5.64. The number of rotatable bonds is 7. The summed E-state index contributed by atoms with van der Waals surface area (Å²) < 4.78 is 3.52. The van der Waals surface area contributed by atoms with Gasteiger partial charge in [-0.05, 0) is 65.8 Å². The second-order valence-corrected chi connectivity index (χ2v) is 9.16. The van der Waals surface area contributed by atoms with Gasteiger partial charge in [-0.15, -0.1) is 26.6 Å². The number of nitrogens with one attached hydrogen (secondary N) is 1. The molecule has 0 spiro atoms. The molecule has 11 heteroatoms. The quantitative estimate of drug-likeness (QED) is 0.471. The number of amides is 1. The van der Waals surface area contributed by atoms with Gasteiger partial charge in [0.2, 0.25) is 0 Å². The zero-order valence-electron chi connectivity index (χ0n) is 16.4. The molecule has 1 aliphatic carbocycles. The molecule has 0 bridgehead atoms. The van der Waals surface area contributed by atoms with Crippen molar-refractivity contribution in [3.05, 3.63) is 52.6 Å². The van der Waals surface area contributed by atoms with E-state index in [1.54, 1.807) is 27.8 Å². The van der Waals surface area contributed by atoms with Crippen LogP contribution in [0.5, 0.6) is 0 Å². The Morgan fingerprint density at radius 3 is 3.10 bits per heavy atom. The number of hydrogen-bond donors (Lipinski definition) is 1. The molecule has 0 unspecified atom stereocenters. The molecule has 1 N–H and O–H groups in total. The van der Waals surface area contributed by atoms with E-state index in [4.69, 9.17) is 0 Å². The summed E-state index contributed by atoms with van der Waals surface area (Å²) in [6.45, 7) is 0. The topological polar surface area (TPSA) is 103 Å². The van der Waals surface area contributed by atoms with Crippen LogP contribution in [0.25, 0.3) is 10.6 Å². The van der Waals surface area contributed by atoms with Gasteiger partial charge in [-0.3, -0.25) is 9.20 Å². The highest BCUT2D eigenvalue weighted by atomic mass is 32.2. The van der Waals surface area contributed by atoms with E-state index in [9.17, 15) is 4.79 Å². The van der Waals surface area contributed by atoms with Gasteiger partial charge in [0.15, 0.2) is 11.5 Å². The highest BCUT2D eigenvalue weighted by molar-refractivity contribution is 7.98. The zero-order valence-corrected chi connectivity index (χ0v) is 18.0. The maximum absolute atomic E-state index is 13.5. The van der Waals surface area contributed by atoms with E-state index >= 15 is 0 Å². The van der Waals surface area contributed by atoms with E-state index in [0.717, 1.165) is 53.5 Å². The van der Waals surface area contributed by atoms with Crippen LogP contribution in [0.1, 0.15) is 45.5 Å². The highest BCUT2D eigenvalue weighted by Gasteiger charge is 2.30. The zero-order chi connectivity index (χ0) is 20.5. The third-order valence-corrected chi connectivity index (χ3v) is 7.18.